The standard InChI is InChI=1S/C14H23N3/c1-4-11-16-14(15-5-2)17-12(3)13-9-7-6-8-10-13/h6-10,12H,4-5,11H2,1-3H3,(H2,15,16,17). The van der Waals surface area contributed by atoms with Crippen LogP contribution >= 0.6 is 0 Å². The molecule has 0 fully saturated rings. The van der Waals surface area contributed by atoms with E-state index in [4.69, 9.17) is 0 Å². The van der Waals surface area contributed by atoms with Gasteiger partial charge in [-0.1, -0.05) is 37.3 Å². The number of benzene rings is 1. The molecule has 3 heteroatoms. The molecule has 0 aliphatic carbocycles. The van der Waals surface area contributed by atoms with Crippen molar-refractivity contribution < 1.29 is 0 Å². The maximum atomic E-state index is 4.49. The lowest BCUT2D eigenvalue weighted by atomic mass is 10.1. The number of nitrogens with zero attached hydrogens (tertiary/aromatic N) is 1. The molecule has 17 heavy (non-hydrogen) atoms. The van der Waals surface area contributed by atoms with E-state index in [1.807, 2.05) is 6.07 Å². The minimum Gasteiger partial charge on any atom is -0.357 e. The van der Waals surface area contributed by atoms with Crippen LogP contribution in [0.4, 0.5) is 0 Å². The fourth-order valence-electron chi connectivity index (χ4n) is 1.57. The Hall–Kier alpha value is -1.51. The summed E-state index contributed by atoms with van der Waals surface area (Å²) in [5.74, 6) is 0.894. The topological polar surface area (TPSA) is 36.4 Å². The molecule has 0 bridgehead atoms. The zero-order chi connectivity index (χ0) is 12.5. The molecular formula is C14H23N3. The molecule has 0 aliphatic rings. The van der Waals surface area contributed by atoms with Gasteiger partial charge in [0, 0.05) is 13.1 Å². The van der Waals surface area contributed by atoms with Crippen LogP contribution in [0.15, 0.2) is 35.3 Å². The van der Waals surface area contributed by atoms with Crippen LogP contribution in [-0.4, -0.2) is 19.0 Å². The average molecular weight is 233 g/mol. The Bertz CT molecular complexity index is 333. The molecule has 2 N–H and O–H groups in total. The van der Waals surface area contributed by atoms with Crippen LogP contribution in [0.1, 0.15) is 38.8 Å². The molecule has 0 amide bonds. The van der Waals surface area contributed by atoms with E-state index in [9.17, 15) is 0 Å². The highest BCUT2D eigenvalue weighted by Gasteiger charge is 2.06. The Morgan fingerprint density at radius 1 is 1.24 bits per heavy atom. The summed E-state index contributed by atoms with van der Waals surface area (Å²) >= 11 is 0. The van der Waals surface area contributed by atoms with Crippen LogP contribution in [0.2, 0.25) is 0 Å². The molecule has 1 aromatic rings. The summed E-state index contributed by atoms with van der Waals surface area (Å²) in [5, 5.41) is 6.66. The normalized spacial score (nSPS) is 13.2. The average Bonchev–Trinajstić information content (AvgIpc) is 2.37. The molecule has 1 rings (SSSR count). The number of hydrogen-bond acceptors (Lipinski definition) is 1. The third kappa shape index (κ3) is 4.89. The Morgan fingerprint density at radius 3 is 2.53 bits per heavy atom. The van der Waals surface area contributed by atoms with Gasteiger partial charge >= 0.3 is 0 Å². The summed E-state index contributed by atoms with van der Waals surface area (Å²) in [7, 11) is 0. The molecule has 1 atom stereocenters. The Morgan fingerprint density at radius 2 is 1.94 bits per heavy atom. The Balaban J connectivity index is 2.60. The van der Waals surface area contributed by atoms with Gasteiger partial charge in [0.15, 0.2) is 5.96 Å². The van der Waals surface area contributed by atoms with E-state index >= 15 is 0 Å². The van der Waals surface area contributed by atoms with Crippen molar-refractivity contribution in [1.29, 1.82) is 0 Å². The van der Waals surface area contributed by atoms with E-state index in [2.05, 4.69) is 60.7 Å². The lowest BCUT2D eigenvalue weighted by molar-refractivity contribution is 0.685. The second-order valence-corrected chi connectivity index (χ2v) is 4.04. The minimum absolute atomic E-state index is 0.269. The maximum Gasteiger partial charge on any atom is 0.191 e. The summed E-state index contributed by atoms with van der Waals surface area (Å²) in [5.41, 5.74) is 1.27. The molecule has 0 aromatic heterocycles. The van der Waals surface area contributed by atoms with Gasteiger partial charge in [0.25, 0.3) is 0 Å². The van der Waals surface area contributed by atoms with Crippen molar-refractivity contribution in [3.63, 3.8) is 0 Å². The molecule has 1 unspecified atom stereocenters. The first-order valence-corrected chi connectivity index (χ1v) is 6.37. The quantitative estimate of drug-likeness (QED) is 0.606. The molecule has 0 heterocycles. The summed E-state index contributed by atoms with van der Waals surface area (Å²) in [6, 6.07) is 10.7. The zero-order valence-electron chi connectivity index (χ0n) is 11.0. The van der Waals surface area contributed by atoms with Gasteiger partial charge in [0.2, 0.25) is 0 Å². The summed E-state index contributed by atoms with van der Waals surface area (Å²) < 4.78 is 0. The van der Waals surface area contributed by atoms with Crippen LogP contribution in [0.3, 0.4) is 0 Å². The van der Waals surface area contributed by atoms with Crippen LogP contribution in [0.25, 0.3) is 0 Å². The van der Waals surface area contributed by atoms with Crippen molar-refractivity contribution in [2.45, 2.75) is 33.2 Å². The van der Waals surface area contributed by atoms with E-state index in [-0.39, 0.29) is 6.04 Å². The molecule has 0 saturated carbocycles. The molecule has 0 spiro atoms. The predicted octanol–water partition coefficient (Wildman–Crippen LogP) is 2.71. The third-order valence-electron chi connectivity index (χ3n) is 2.49. The van der Waals surface area contributed by atoms with Crippen molar-refractivity contribution in [1.82, 2.24) is 10.6 Å². The molecule has 3 nitrogen and oxygen atoms in total. The largest absolute Gasteiger partial charge is 0.357 e. The Kier molecular flexibility index (Phi) is 6.15. The first kappa shape index (κ1) is 13.6. The minimum atomic E-state index is 0.269. The fraction of sp³-hybridized carbons (Fsp3) is 0.500. The first-order chi connectivity index (χ1) is 8.27. The van der Waals surface area contributed by atoms with Crippen molar-refractivity contribution in [3.8, 4) is 0 Å². The zero-order valence-corrected chi connectivity index (χ0v) is 11.0. The number of rotatable bonds is 5. The molecule has 0 saturated heterocycles. The highest BCUT2D eigenvalue weighted by molar-refractivity contribution is 5.80. The Labute approximate surface area is 104 Å². The lowest BCUT2D eigenvalue weighted by Gasteiger charge is -2.18. The SMILES string of the molecule is CCCN=C(NCC)NC(C)c1ccccc1. The maximum absolute atomic E-state index is 4.49. The third-order valence-corrected chi connectivity index (χ3v) is 2.49. The smallest absolute Gasteiger partial charge is 0.191 e. The van der Waals surface area contributed by atoms with E-state index in [0.29, 0.717) is 0 Å². The molecule has 0 aliphatic heterocycles. The summed E-state index contributed by atoms with van der Waals surface area (Å²) in [6.07, 6.45) is 1.07. The van der Waals surface area contributed by atoms with Gasteiger partial charge in [0.1, 0.15) is 0 Å². The van der Waals surface area contributed by atoms with Crippen LogP contribution in [0.5, 0.6) is 0 Å². The van der Waals surface area contributed by atoms with Crippen LogP contribution < -0.4 is 10.6 Å². The van der Waals surface area contributed by atoms with E-state index in [0.717, 1.165) is 25.5 Å². The molecular weight excluding hydrogens is 210 g/mol. The van der Waals surface area contributed by atoms with E-state index in [1.165, 1.54) is 5.56 Å². The van der Waals surface area contributed by atoms with E-state index < -0.39 is 0 Å². The molecule has 1 aromatic carbocycles. The summed E-state index contributed by atoms with van der Waals surface area (Å²) in [6.45, 7) is 8.10. The molecule has 94 valence electrons. The number of nitrogens with one attached hydrogen (secondary N) is 2. The van der Waals surface area contributed by atoms with Crippen LogP contribution in [0, 0.1) is 0 Å². The van der Waals surface area contributed by atoms with Gasteiger partial charge in [-0.05, 0) is 25.8 Å². The van der Waals surface area contributed by atoms with Gasteiger partial charge in [-0.2, -0.15) is 0 Å². The monoisotopic (exact) mass is 233 g/mol. The van der Waals surface area contributed by atoms with Gasteiger partial charge in [-0.25, -0.2) is 0 Å². The van der Waals surface area contributed by atoms with Gasteiger partial charge in [-0.3, -0.25) is 4.99 Å². The van der Waals surface area contributed by atoms with Crippen molar-refractivity contribution in [2.24, 2.45) is 4.99 Å². The van der Waals surface area contributed by atoms with Gasteiger partial charge in [-0.15, -0.1) is 0 Å². The number of guanidine groups is 1. The predicted molar refractivity (Wildman–Crippen MR) is 74.3 cm³/mol. The highest BCUT2D eigenvalue weighted by atomic mass is 15.2. The number of aliphatic imine (C=N–C) groups is 1. The second-order valence-electron chi connectivity index (χ2n) is 4.04. The van der Waals surface area contributed by atoms with Gasteiger partial charge in [0.05, 0.1) is 6.04 Å². The van der Waals surface area contributed by atoms with Crippen molar-refractivity contribution in [3.05, 3.63) is 35.9 Å². The number of hydrogen-bond donors (Lipinski definition) is 2. The van der Waals surface area contributed by atoms with Gasteiger partial charge < -0.3 is 10.6 Å². The fourth-order valence-corrected chi connectivity index (χ4v) is 1.57. The van der Waals surface area contributed by atoms with E-state index in [1.54, 1.807) is 0 Å². The lowest BCUT2D eigenvalue weighted by Crippen LogP contribution is -2.38. The van der Waals surface area contributed by atoms with Crippen molar-refractivity contribution >= 4 is 5.96 Å². The first-order valence-electron chi connectivity index (χ1n) is 6.37. The summed E-state index contributed by atoms with van der Waals surface area (Å²) in [4.78, 5) is 4.49. The molecule has 0 radical (unpaired) electrons. The second kappa shape index (κ2) is 7.71. The highest BCUT2D eigenvalue weighted by Crippen LogP contribution is 2.10. The van der Waals surface area contributed by atoms with Crippen LogP contribution in [-0.2, 0) is 0 Å². The van der Waals surface area contributed by atoms with Crippen molar-refractivity contribution in [2.75, 3.05) is 13.1 Å².